The number of nitro benzene ring substituents is 1. The second-order valence-electron chi connectivity index (χ2n) is 8.32. The minimum Gasteiger partial charge on any atom is -0.403 e. The molecule has 0 saturated heterocycles. The largest absolute Gasteiger partial charge is 0.403 e. The standard InChI is InChI=1S/C23H25N3O4S/c1-14-11-12-17(13-15(14)2)22(27)30-21-20(16(3)24-25(21)23(4,5)6)31-19-10-8-7-9-18(19)26(28)29/h7-13H,1-6H3. The van der Waals surface area contributed by atoms with Crippen molar-refractivity contribution >= 4 is 23.4 Å². The van der Waals surface area contributed by atoms with Gasteiger partial charge in [0.2, 0.25) is 5.88 Å². The molecule has 31 heavy (non-hydrogen) atoms. The number of aromatic nitrogens is 2. The normalized spacial score (nSPS) is 11.4. The summed E-state index contributed by atoms with van der Waals surface area (Å²) >= 11 is 1.17. The first kappa shape index (κ1) is 22.6. The number of para-hydroxylation sites is 1. The Hall–Kier alpha value is -3.13. The molecular formula is C23H25N3O4S. The first-order chi connectivity index (χ1) is 14.5. The van der Waals surface area contributed by atoms with Crippen molar-refractivity contribution in [2.24, 2.45) is 0 Å². The lowest BCUT2D eigenvalue weighted by Gasteiger charge is -2.22. The van der Waals surface area contributed by atoms with Crippen molar-refractivity contribution in [3.05, 3.63) is 75.0 Å². The van der Waals surface area contributed by atoms with Crippen LogP contribution in [0.2, 0.25) is 0 Å². The number of carbonyl (C=O) groups excluding carboxylic acids is 1. The van der Waals surface area contributed by atoms with Crippen molar-refractivity contribution in [3.8, 4) is 5.88 Å². The fourth-order valence-corrected chi connectivity index (χ4v) is 3.99. The Bertz CT molecular complexity index is 1160. The Morgan fingerprint density at radius 1 is 1.10 bits per heavy atom. The summed E-state index contributed by atoms with van der Waals surface area (Å²) in [5.41, 5.74) is 2.65. The molecule has 0 aliphatic rings. The Kier molecular flexibility index (Phi) is 6.22. The summed E-state index contributed by atoms with van der Waals surface area (Å²) in [4.78, 5) is 25.0. The third-order valence-corrected chi connectivity index (χ3v) is 6.05. The molecule has 0 fully saturated rings. The average Bonchev–Trinajstić information content (AvgIpc) is 3.00. The summed E-state index contributed by atoms with van der Waals surface area (Å²) in [6.07, 6.45) is 0. The number of nitro groups is 1. The number of aryl methyl sites for hydroxylation is 3. The zero-order chi connectivity index (χ0) is 22.9. The number of carbonyl (C=O) groups is 1. The molecule has 0 atom stereocenters. The molecule has 162 valence electrons. The van der Waals surface area contributed by atoms with Crippen molar-refractivity contribution in [2.75, 3.05) is 0 Å². The molecule has 0 radical (unpaired) electrons. The van der Waals surface area contributed by atoms with E-state index in [0.717, 1.165) is 11.1 Å². The molecule has 0 unspecified atom stereocenters. The number of nitrogens with zero attached hydrogens (tertiary/aromatic N) is 3. The van der Waals surface area contributed by atoms with Gasteiger partial charge >= 0.3 is 5.97 Å². The van der Waals surface area contributed by atoms with Gasteiger partial charge in [0.05, 0.1) is 31.5 Å². The van der Waals surface area contributed by atoms with Gasteiger partial charge in [-0.3, -0.25) is 10.1 Å². The molecule has 7 nitrogen and oxygen atoms in total. The molecule has 0 amide bonds. The summed E-state index contributed by atoms with van der Waals surface area (Å²) in [5.74, 6) is -0.228. The van der Waals surface area contributed by atoms with Crippen LogP contribution in [0.25, 0.3) is 0 Å². The molecule has 0 saturated carbocycles. The number of rotatable bonds is 5. The van der Waals surface area contributed by atoms with Crippen LogP contribution in [-0.2, 0) is 5.54 Å². The Balaban J connectivity index is 2.07. The van der Waals surface area contributed by atoms with Gasteiger partial charge < -0.3 is 4.74 Å². The van der Waals surface area contributed by atoms with Gasteiger partial charge in [-0.1, -0.05) is 30.0 Å². The summed E-state index contributed by atoms with van der Waals surface area (Å²) in [6, 6.07) is 11.9. The highest BCUT2D eigenvalue weighted by Crippen LogP contribution is 2.43. The molecule has 0 bridgehead atoms. The van der Waals surface area contributed by atoms with Gasteiger partial charge in [-0.05, 0) is 70.9 Å². The summed E-state index contributed by atoms with van der Waals surface area (Å²) in [6.45, 7) is 11.6. The third kappa shape index (κ3) is 4.80. The van der Waals surface area contributed by atoms with E-state index < -0.39 is 16.4 Å². The third-order valence-electron chi connectivity index (χ3n) is 4.81. The van der Waals surface area contributed by atoms with Crippen molar-refractivity contribution in [1.29, 1.82) is 0 Å². The predicted molar refractivity (Wildman–Crippen MR) is 120 cm³/mol. The van der Waals surface area contributed by atoms with E-state index in [9.17, 15) is 14.9 Å². The van der Waals surface area contributed by atoms with Gasteiger partial charge in [0, 0.05) is 6.07 Å². The lowest BCUT2D eigenvalue weighted by atomic mass is 10.1. The van der Waals surface area contributed by atoms with Gasteiger partial charge in [-0.25, -0.2) is 9.48 Å². The molecule has 2 aromatic carbocycles. The maximum absolute atomic E-state index is 13.0. The maximum atomic E-state index is 13.0. The van der Waals surface area contributed by atoms with Crippen LogP contribution in [-0.4, -0.2) is 20.7 Å². The molecule has 1 heterocycles. The molecule has 0 N–H and O–H groups in total. The number of esters is 1. The predicted octanol–water partition coefficient (Wildman–Crippen LogP) is 5.84. The molecule has 1 aromatic heterocycles. The fourth-order valence-electron chi connectivity index (χ4n) is 2.97. The summed E-state index contributed by atoms with van der Waals surface area (Å²) in [7, 11) is 0. The quantitative estimate of drug-likeness (QED) is 0.282. The Morgan fingerprint density at radius 3 is 2.39 bits per heavy atom. The van der Waals surface area contributed by atoms with Crippen LogP contribution in [0.1, 0.15) is 48.0 Å². The molecule has 3 aromatic rings. The van der Waals surface area contributed by atoms with Crippen molar-refractivity contribution in [1.82, 2.24) is 9.78 Å². The monoisotopic (exact) mass is 439 g/mol. The van der Waals surface area contributed by atoms with E-state index in [0.29, 0.717) is 21.0 Å². The second-order valence-corrected chi connectivity index (χ2v) is 9.37. The zero-order valence-electron chi connectivity index (χ0n) is 18.4. The van der Waals surface area contributed by atoms with E-state index >= 15 is 0 Å². The van der Waals surface area contributed by atoms with Crippen LogP contribution in [0.5, 0.6) is 5.88 Å². The first-order valence-electron chi connectivity index (χ1n) is 9.80. The highest BCUT2D eigenvalue weighted by Gasteiger charge is 2.29. The van der Waals surface area contributed by atoms with E-state index in [4.69, 9.17) is 4.74 Å². The molecule has 8 heteroatoms. The van der Waals surface area contributed by atoms with Crippen LogP contribution < -0.4 is 4.74 Å². The molecule has 0 spiro atoms. The van der Waals surface area contributed by atoms with E-state index in [-0.39, 0.29) is 11.6 Å². The van der Waals surface area contributed by atoms with Crippen molar-refractivity contribution in [3.63, 3.8) is 0 Å². The van der Waals surface area contributed by atoms with E-state index in [1.165, 1.54) is 17.8 Å². The highest BCUT2D eigenvalue weighted by molar-refractivity contribution is 7.99. The second kappa shape index (κ2) is 8.55. The zero-order valence-corrected chi connectivity index (χ0v) is 19.2. The number of hydrogen-bond donors (Lipinski definition) is 0. The number of ether oxygens (including phenoxy) is 1. The van der Waals surface area contributed by atoms with Crippen LogP contribution in [0.4, 0.5) is 5.69 Å². The van der Waals surface area contributed by atoms with Crippen molar-refractivity contribution < 1.29 is 14.5 Å². The van der Waals surface area contributed by atoms with Gasteiger partial charge in [0.25, 0.3) is 5.69 Å². The topological polar surface area (TPSA) is 87.3 Å². The molecule has 0 aliphatic carbocycles. The minimum absolute atomic E-state index is 0.0122. The van der Waals surface area contributed by atoms with Gasteiger partial charge in [0.1, 0.15) is 0 Å². The Morgan fingerprint density at radius 2 is 1.77 bits per heavy atom. The lowest BCUT2D eigenvalue weighted by molar-refractivity contribution is -0.387. The van der Waals surface area contributed by atoms with Gasteiger partial charge in [-0.15, -0.1) is 0 Å². The van der Waals surface area contributed by atoms with Crippen LogP contribution in [0.15, 0.2) is 52.3 Å². The SMILES string of the molecule is Cc1ccc(C(=O)Oc2c(Sc3ccccc3[N+](=O)[O-])c(C)nn2C(C)(C)C)cc1C. The van der Waals surface area contributed by atoms with Gasteiger partial charge in [0.15, 0.2) is 0 Å². The van der Waals surface area contributed by atoms with Crippen LogP contribution in [0.3, 0.4) is 0 Å². The lowest BCUT2D eigenvalue weighted by Crippen LogP contribution is -2.25. The van der Waals surface area contributed by atoms with Crippen LogP contribution >= 0.6 is 11.8 Å². The molecule has 3 rings (SSSR count). The van der Waals surface area contributed by atoms with Crippen LogP contribution in [0, 0.1) is 30.9 Å². The molecular weight excluding hydrogens is 414 g/mol. The highest BCUT2D eigenvalue weighted by atomic mass is 32.2. The molecule has 0 aliphatic heterocycles. The first-order valence-corrected chi connectivity index (χ1v) is 10.6. The van der Waals surface area contributed by atoms with E-state index in [2.05, 4.69) is 5.10 Å². The smallest absolute Gasteiger partial charge is 0.344 e. The summed E-state index contributed by atoms with van der Waals surface area (Å²) < 4.78 is 7.50. The Labute approximate surface area is 185 Å². The minimum atomic E-state index is -0.502. The number of hydrogen-bond acceptors (Lipinski definition) is 6. The summed E-state index contributed by atoms with van der Waals surface area (Å²) in [5, 5.41) is 16.0. The van der Waals surface area contributed by atoms with Gasteiger partial charge in [-0.2, -0.15) is 5.10 Å². The van der Waals surface area contributed by atoms with E-state index in [1.54, 1.807) is 41.9 Å². The fraction of sp³-hybridized carbons (Fsp3) is 0.304. The number of benzene rings is 2. The maximum Gasteiger partial charge on any atom is 0.344 e. The van der Waals surface area contributed by atoms with Crippen molar-refractivity contribution in [2.45, 2.75) is 56.9 Å². The average molecular weight is 440 g/mol. The van der Waals surface area contributed by atoms with E-state index in [1.807, 2.05) is 40.7 Å².